The van der Waals surface area contributed by atoms with Crippen molar-refractivity contribution in [2.24, 2.45) is 5.92 Å². The van der Waals surface area contributed by atoms with Crippen molar-refractivity contribution in [3.05, 3.63) is 36.5 Å². The zero-order valence-corrected chi connectivity index (χ0v) is 11.4. The molecule has 0 N–H and O–H groups in total. The van der Waals surface area contributed by atoms with E-state index in [2.05, 4.69) is 29.7 Å². The molecule has 0 spiro atoms. The van der Waals surface area contributed by atoms with E-state index >= 15 is 0 Å². The summed E-state index contributed by atoms with van der Waals surface area (Å²) in [6, 6.07) is 10.3. The van der Waals surface area contributed by atoms with E-state index in [-0.39, 0.29) is 5.91 Å². The topological polar surface area (TPSA) is 25.2 Å². The number of piperidine rings is 1. The van der Waals surface area contributed by atoms with Crippen LogP contribution in [0.2, 0.25) is 0 Å². The number of hydrogen-bond donors (Lipinski definition) is 0. The van der Waals surface area contributed by atoms with E-state index < -0.39 is 0 Å². The number of para-hydroxylation sites is 1. The van der Waals surface area contributed by atoms with E-state index in [0.717, 1.165) is 25.0 Å². The Morgan fingerprint density at radius 2 is 2.16 bits per heavy atom. The molecule has 3 heteroatoms. The molecule has 19 heavy (non-hydrogen) atoms. The van der Waals surface area contributed by atoms with Crippen LogP contribution in [0.15, 0.2) is 36.5 Å². The number of rotatable bonds is 2. The van der Waals surface area contributed by atoms with Crippen LogP contribution in [0.3, 0.4) is 0 Å². The number of likely N-dealkylation sites (tertiary alicyclic amines) is 1. The number of aromatic nitrogens is 1. The van der Waals surface area contributed by atoms with Crippen LogP contribution in [0.4, 0.5) is 0 Å². The number of carbonyl (C=O) groups is 1. The Morgan fingerprint density at radius 1 is 1.32 bits per heavy atom. The van der Waals surface area contributed by atoms with Crippen LogP contribution in [-0.2, 0) is 11.3 Å². The molecule has 0 bridgehead atoms. The molecule has 1 aliphatic rings. The quantitative estimate of drug-likeness (QED) is 0.811. The summed E-state index contributed by atoms with van der Waals surface area (Å²) in [6.07, 6.45) is 4.39. The minimum atomic E-state index is 0.243. The number of amides is 1. The standard InChI is InChI=1S/C16H20N2O/c1-13-5-4-9-18(11-13)16(19)12-17-10-8-14-6-2-3-7-15(14)17/h2-3,6-8,10,13H,4-5,9,11-12H2,1H3. The largest absolute Gasteiger partial charge is 0.341 e. The number of carbonyl (C=O) groups excluding carboxylic acids is 1. The molecule has 3 nitrogen and oxygen atoms in total. The van der Waals surface area contributed by atoms with Gasteiger partial charge in [0.1, 0.15) is 6.54 Å². The monoisotopic (exact) mass is 256 g/mol. The predicted molar refractivity (Wildman–Crippen MR) is 76.9 cm³/mol. The summed E-state index contributed by atoms with van der Waals surface area (Å²) in [6.45, 7) is 4.52. The molecule has 1 fully saturated rings. The van der Waals surface area contributed by atoms with E-state index in [1.807, 2.05) is 23.2 Å². The second-order valence-corrected chi connectivity index (χ2v) is 5.59. The number of hydrogen-bond acceptors (Lipinski definition) is 1. The lowest BCUT2D eigenvalue weighted by Gasteiger charge is -2.31. The molecule has 1 aliphatic heterocycles. The van der Waals surface area contributed by atoms with Gasteiger partial charge in [0.15, 0.2) is 0 Å². The molecule has 3 rings (SSSR count). The van der Waals surface area contributed by atoms with Crippen LogP contribution in [0.5, 0.6) is 0 Å². The fourth-order valence-electron chi connectivity index (χ4n) is 2.94. The highest BCUT2D eigenvalue weighted by atomic mass is 16.2. The molecule has 2 aromatic rings. The first-order chi connectivity index (χ1) is 9.24. The van der Waals surface area contributed by atoms with Gasteiger partial charge in [-0.05, 0) is 36.3 Å². The second kappa shape index (κ2) is 5.08. The molecule has 0 radical (unpaired) electrons. The van der Waals surface area contributed by atoms with Crippen molar-refractivity contribution in [1.82, 2.24) is 9.47 Å². The zero-order chi connectivity index (χ0) is 13.2. The van der Waals surface area contributed by atoms with Gasteiger partial charge in [-0.2, -0.15) is 0 Å². The molecule has 1 atom stereocenters. The van der Waals surface area contributed by atoms with Gasteiger partial charge >= 0.3 is 0 Å². The molecule has 1 saturated heterocycles. The average Bonchev–Trinajstić information content (AvgIpc) is 2.82. The lowest BCUT2D eigenvalue weighted by Crippen LogP contribution is -2.40. The third kappa shape index (κ3) is 2.50. The maximum Gasteiger partial charge on any atom is 0.242 e. The first-order valence-electron chi connectivity index (χ1n) is 7.05. The fourth-order valence-corrected chi connectivity index (χ4v) is 2.94. The van der Waals surface area contributed by atoms with Crippen molar-refractivity contribution in [1.29, 1.82) is 0 Å². The molecule has 1 amide bonds. The van der Waals surface area contributed by atoms with Crippen molar-refractivity contribution in [3.63, 3.8) is 0 Å². The maximum atomic E-state index is 12.4. The van der Waals surface area contributed by atoms with Crippen LogP contribution in [0.1, 0.15) is 19.8 Å². The van der Waals surface area contributed by atoms with E-state index in [9.17, 15) is 4.79 Å². The van der Waals surface area contributed by atoms with Gasteiger partial charge < -0.3 is 9.47 Å². The molecular weight excluding hydrogens is 236 g/mol. The van der Waals surface area contributed by atoms with Gasteiger partial charge in [-0.1, -0.05) is 25.1 Å². The summed E-state index contributed by atoms with van der Waals surface area (Å²) in [5.41, 5.74) is 1.14. The van der Waals surface area contributed by atoms with Gasteiger partial charge in [-0.25, -0.2) is 0 Å². The number of benzene rings is 1. The van der Waals surface area contributed by atoms with E-state index in [4.69, 9.17) is 0 Å². The Labute approximate surface area is 113 Å². The molecular formula is C16H20N2O. The van der Waals surface area contributed by atoms with Crippen molar-refractivity contribution in [2.45, 2.75) is 26.3 Å². The second-order valence-electron chi connectivity index (χ2n) is 5.59. The minimum Gasteiger partial charge on any atom is -0.341 e. The van der Waals surface area contributed by atoms with E-state index in [0.29, 0.717) is 12.5 Å². The zero-order valence-electron chi connectivity index (χ0n) is 11.4. The van der Waals surface area contributed by atoms with Crippen LogP contribution >= 0.6 is 0 Å². The summed E-state index contributed by atoms with van der Waals surface area (Å²) in [4.78, 5) is 14.4. The molecule has 100 valence electrons. The minimum absolute atomic E-state index is 0.243. The van der Waals surface area contributed by atoms with Crippen molar-refractivity contribution in [2.75, 3.05) is 13.1 Å². The number of fused-ring (bicyclic) bond motifs is 1. The SMILES string of the molecule is CC1CCCN(C(=O)Cn2ccc3ccccc32)C1. The summed E-state index contributed by atoms with van der Waals surface area (Å²) in [7, 11) is 0. The van der Waals surface area contributed by atoms with Gasteiger partial charge in [0, 0.05) is 24.8 Å². The Balaban J connectivity index is 1.75. The van der Waals surface area contributed by atoms with Gasteiger partial charge in [0.05, 0.1) is 0 Å². The fraction of sp³-hybridized carbons (Fsp3) is 0.438. The summed E-state index contributed by atoms with van der Waals surface area (Å²) in [5.74, 6) is 0.881. The normalized spacial score (nSPS) is 19.8. The summed E-state index contributed by atoms with van der Waals surface area (Å²) < 4.78 is 2.05. The van der Waals surface area contributed by atoms with Crippen LogP contribution in [0.25, 0.3) is 10.9 Å². The third-order valence-electron chi connectivity index (χ3n) is 4.00. The highest BCUT2D eigenvalue weighted by Gasteiger charge is 2.21. The summed E-state index contributed by atoms with van der Waals surface area (Å²) in [5, 5.41) is 1.20. The van der Waals surface area contributed by atoms with E-state index in [1.54, 1.807) is 0 Å². The molecule has 0 saturated carbocycles. The van der Waals surface area contributed by atoms with Gasteiger partial charge in [0.2, 0.25) is 5.91 Å². The molecule has 1 unspecified atom stereocenters. The molecule has 0 aliphatic carbocycles. The van der Waals surface area contributed by atoms with Gasteiger partial charge in [0.25, 0.3) is 0 Å². The van der Waals surface area contributed by atoms with Crippen LogP contribution in [-0.4, -0.2) is 28.5 Å². The Morgan fingerprint density at radius 3 is 3.00 bits per heavy atom. The van der Waals surface area contributed by atoms with Crippen LogP contribution < -0.4 is 0 Å². The Kier molecular flexibility index (Phi) is 3.28. The third-order valence-corrected chi connectivity index (χ3v) is 4.00. The smallest absolute Gasteiger partial charge is 0.242 e. The van der Waals surface area contributed by atoms with Crippen LogP contribution in [0, 0.1) is 5.92 Å². The first-order valence-corrected chi connectivity index (χ1v) is 7.05. The molecule has 1 aromatic heterocycles. The lowest BCUT2D eigenvalue weighted by molar-refractivity contribution is -0.133. The van der Waals surface area contributed by atoms with Gasteiger partial charge in [-0.3, -0.25) is 4.79 Å². The predicted octanol–water partition coefficient (Wildman–Crippen LogP) is 2.90. The highest BCUT2D eigenvalue weighted by molar-refractivity contribution is 5.83. The molecule has 1 aromatic carbocycles. The summed E-state index contributed by atoms with van der Waals surface area (Å²) >= 11 is 0. The number of nitrogens with zero attached hydrogens (tertiary/aromatic N) is 2. The molecule has 2 heterocycles. The van der Waals surface area contributed by atoms with Crippen molar-refractivity contribution < 1.29 is 4.79 Å². The maximum absolute atomic E-state index is 12.4. The highest BCUT2D eigenvalue weighted by Crippen LogP contribution is 2.18. The lowest BCUT2D eigenvalue weighted by atomic mass is 10.0. The van der Waals surface area contributed by atoms with E-state index in [1.165, 1.54) is 11.8 Å². The Bertz CT molecular complexity index is 587. The van der Waals surface area contributed by atoms with Gasteiger partial charge in [-0.15, -0.1) is 0 Å². The van der Waals surface area contributed by atoms with Crippen molar-refractivity contribution >= 4 is 16.8 Å². The average molecular weight is 256 g/mol. The van der Waals surface area contributed by atoms with Crippen molar-refractivity contribution in [3.8, 4) is 0 Å². The first kappa shape index (κ1) is 12.3. The Hall–Kier alpha value is -1.77.